The fourth-order valence-electron chi connectivity index (χ4n) is 3.10. The number of nitrogens with one attached hydrogen (secondary N) is 2. The number of anilines is 1. The van der Waals surface area contributed by atoms with Crippen LogP contribution < -0.4 is 24.2 Å². The number of hydrogen-bond donors (Lipinski definition) is 2. The number of carbonyl (C=O) groups is 1. The van der Waals surface area contributed by atoms with Crippen molar-refractivity contribution in [2.45, 2.75) is 18.4 Å². The first-order valence-electron chi connectivity index (χ1n) is 10.1. The van der Waals surface area contributed by atoms with Gasteiger partial charge in [0.2, 0.25) is 0 Å². The predicted octanol–water partition coefficient (Wildman–Crippen LogP) is 3.51. The molecule has 3 aromatic rings. The first-order valence-corrected chi connectivity index (χ1v) is 11.6. The van der Waals surface area contributed by atoms with Crippen LogP contribution in [-0.2, 0) is 21.4 Å². The maximum absolute atomic E-state index is 12.6. The molecule has 9 heteroatoms. The van der Waals surface area contributed by atoms with Gasteiger partial charge in [-0.15, -0.1) is 0 Å². The molecule has 0 unspecified atom stereocenters. The Kier molecular flexibility index (Phi) is 7.78. The molecule has 0 fully saturated rings. The van der Waals surface area contributed by atoms with Crippen LogP contribution in [0.2, 0.25) is 0 Å². The molecule has 0 radical (unpaired) electrons. The van der Waals surface area contributed by atoms with Crippen molar-refractivity contribution < 1.29 is 27.4 Å². The van der Waals surface area contributed by atoms with Gasteiger partial charge in [-0.2, -0.15) is 0 Å². The van der Waals surface area contributed by atoms with Gasteiger partial charge in [-0.05, 0) is 55.0 Å². The van der Waals surface area contributed by atoms with Gasteiger partial charge in [-0.3, -0.25) is 9.52 Å². The average Bonchev–Trinajstić information content (AvgIpc) is 2.82. The highest BCUT2D eigenvalue weighted by Crippen LogP contribution is 2.28. The molecule has 33 heavy (non-hydrogen) atoms. The van der Waals surface area contributed by atoms with E-state index in [-0.39, 0.29) is 24.0 Å². The van der Waals surface area contributed by atoms with Gasteiger partial charge in [0, 0.05) is 0 Å². The van der Waals surface area contributed by atoms with Crippen molar-refractivity contribution in [3.05, 3.63) is 77.9 Å². The lowest BCUT2D eigenvalue weighted by molar-refractivity contribution is -0.123. The molecule has 0 aliphatic heterocycles. The third-order valence-corrected chi connectivity index (χ3v) is 6.27. The second-order valence-electron chi connectivity index (χ2n) is 7.10. The largest absolute Gasteiger partial charge is 0.496 e. The predicted molar refractivity (Wildman–Crippen MR) is 125 cm³/mol. The van der Waals surface area contributed by atoms with Crippen LogP contribution in [0.3, 0.4) is 0 Å². The smallest absolute Gasteiger partial charge is 0.261 e. The number of sulfonamides is 1. The highest BCUT2D eigenvalue weighted by molar-refractivity contribution is 7.92. The summed E-state index contributed by atoms with van der Waals surface area (Å²) in [5, 5.41) is 2.76. The van der Waals surface area contributed by atoms with E-state index in [9.17, 15) is 13.2 Å². The van der Waals surface area contributed by atoms with Crippen LogP contribution in [0.4, 0.5) is 5.69 Å². The zero-order valence-electron chi connectivity index (χ0n) is 18.6. The number of amides is 1. The maximum atomic E-state index is 12.6. The zero-order chi connectivity index (χ0) is 23.8. The summed E-state index contributed by atoms with van der Waals surface area (Å²) in [5.74, 6) is 1.23. The maximum Gasteiger partial charge on any atom is 0.261 e. The van der Waals surface area contributed by atoms with Crippen LogP contribution in [0.15, 0.2) is 71.6 Å². The molecule has 0 saturated heterocycles. The van der Waals surface area contributed by atoms with Crippen molar-refractivity contribution in [3.63, 3.8) is 0 Å². The second-order valence-corrected chi connectivity index (χ2v) is 8.78. The molecule has 0 atom stereocenters. The summed E-state index contributed by atoms with van der Waals surface area (Å²) >= 11 is 0. The highest BCUT2D eigenvalue weighted by Gasteiger charge is 2.16. The van der Waals surface area contributed by atoms with Crippen molar-refractivity contribution in [2.24, 2.45) is 0 Å². The van der Waals surface area contributed by atoms with Gasteiger partial charge in [0.15, 0.2) is 6.61 Å². The van der Waals surface area contributed by atoms with Crippen LogP contribution >= 0.6 is 0 Å². The number of carbonyl (C=O) groups excluding carboxylic acids is 1. The third kappa shape index (κ3) is 6.17. The molecule has 1 amide bonds. The summed E-state index contributed by atoms with van der Waals surface area (Å²) in [7, 11) is -0.654. The van der Waals surface area contributed by atoms with Crippen molar-refractivity contribution in [2.75, 3.05) is 25.5 Å². The van der Waals surface area contributed by atoms with Crippen LogP contribution in [0.5, 0.6) is 17.2 Å². The lowest BCUT2D eigenvalue weighted by atomic mass is 10.1. The number of methoxy groups -OCH3 is 2. The zero-order valence-corrected chi connectivity index (χ0v) is 19.4. The lowest BCUT2D eigenvalue weighted by Gasteiger charge is -2.14. The molecular weight excluding hydrogens is 444 g/mol. The van der Waals surface area contributed by atoms with E-state index >= 15 is 0 Å². The van der Waals surface area contributed by atoms with Gasteiger partial charge in [0.25, 0.3) is 15.9 Å². The summed E-state index contributed by atoms with van der Waals surface area (Å²) in [4.78, 5) is 12.3. The standard InChI is InChI=1S/C24H26N2O6S/c1-17-7-4-5-8-21(17)26-33(28,29)19-13-11-18(12-14-19)32-16-24(27)25-15-20-22(30-2)9-6-10-23(20)31-3/h4-14,26H,15-16H2,1-3H3,(H,25,27). The second kappa shape index (κ2) is 10.7. The monoisotopic (exact) mass is 470 g/mol. The number of hydrogen-bond acceptors (Lipinski definition) is 6. The Morgan fingerprint density at radius 1 is 0.879 bits per heavy atom. The summed E-state index contributed by atoms with van der Waals surface area (Å²) in [6.45, 7) is 1.80. The number of aryl methyl sites for hydroxylation is 1. The molecule has 3 rings (SSSR count). The highest BCUT2D eigenvalue weighted by atomic mass is 32.2. The number of rotatable bonds is 10. The minimum atomic E-state index is -3.74. The fourth-order valence-corrected chi connectivity index (χ4v) is 4.23. The van der Waals surface area contributed by atoms with E-state index in [1.165, 1.54) is 24.3 Å². The van der Waals surface area contributed by atoms with E-state index in [1.807, 2.05) is 19.1 Å². The third-order valence-electron chi connectivity index (χ3n) is 4.89. The van der Waals surface area contributed by atoms with Crippen molar-refractivity contribution >= 4 is 21.6 Å². The van der Waals surface area contributed by atoms with Gasteiger partial charge in [-0.1, -0.05) is 24.3 Å². The summed E-state index contributed by atoms with van der Waals surface area (Å²) in [6.07, 6.45) is 0. The first-order chi connectivity index (χ1) is 15.8. The summed E-state index contributed by atoms with van der Waals surface area (Å²) in [5.41, 5.74) is 2.05. The summed E-state index contributed by atoms with van der Waals surface area (Å²) in [6, 6.07) is 18.3. The number of para-hydroxylation sites is 1. The van der Waals surface area contributed by atoms with E-state index in [4.69, 9.17) is 14.2 Å². The molecule has 0 heterocycles. The fraction of sp³-hybridized carbons (Fsp3) is 0.208. The van der Waals surface area contributed by atoms with E-state index in [1.54, 1.807) is 44.6 Å². The molecule has 3 aromatic carbocycles. The van der Waals surface area contributed by atoms with Gasteiger partial charge in [-0.25, -0.2) is 8.42 Å². The van der Waals surface area contributed by atoms with E-state index in [0.29, 0.717) is 28.5 Å². The van der Waals surface area contributed by atoms with E-state index in [2.05, 4.69) is 10.0 Å². The van der Waals surface area contributed by atoms with Crippen molar-refractivity contribution in [1.82, 2.24) is 5.32 Å². The molecule has 174 valence electrons. The summed E-state index contributed by atoms with van der Waals surface area (Å²) < 4.78 is 43.9. The lowest BCUT2D eigenvalue weighted by Crippen LogP contribution is -2.28. The van der Waals surface area contributed by atoms with E-state index in [0.717, 1.165) is 5.56 Å². The van der Waals surface area contributed by atoms with Crippen LogP contribution in [-0.4, -0.2) is 35.2 Å². The van der Waals surface area contributed by atoms with Crippen molar-refractivity contribution in [3.8, 4) is 17.2 Å². The van der Waals surface area contributed by atoms with E-state index < -0.39 is 10.0 Å². The molecule has 0 bridgehead atoms. The molecule has 8 nitrogen and oxygen atoms in total. The van der Waals surface area contributed by atoms with Crippen LogP contribution in [0.25, 0.3) is 0 Å². The molecule has 0 spiro atoms. The normalized spacial score (nSPS) is 10.9. The van der Waals surface area contributed by atoms with Gasteiger partial charge < -0.3 is 19.5 Å². The quantitative estimate of drug-likeness (QED) is 0.470. The molecule has 0 aliphatic rings. The molecule has 2 N–H and O–H groups in total. The Bertz CT molecular complexity index is 1190. The Labute approximate surface area is 193 Å². The Balaban J connectivity index is 1.56. The average molecular weight is 471 g/mol. The Morgan fingerprint density at radius 3 is 2.12 bits per heavy atom. The van der Waals surface area contributed by atoms with Crippen LogP contribution in [0, 0.1) is 6.92 Å². The Morgan fingerprint density at radius 2 is 1.52 bits per heavy atom. The van der Waals surface area contributed by atoms with Crippen LogP contribution in [0.1, 0.15) is 11.1 Å². The minimum Gasteiger partial charge on any atom is -0.496 e. The van der Waals surface area contributed by atoms with Gasteiger partial charge >= 0.3 is 0 Å². The Hall–Kier alpha value is -3.72. The van der Waals surface area contributed by atoms with Gasteiger partial charge in [0.1, 0.15) is 17.2 Å². The van der Waals surface area contributed by atoms with Crippen molar-refractivity contribution in [1.29, 1.82) is 0 Å². The van der Waals surface area contributed by atoms with Gasteiger partial charge in [0.05, 0.1) is 36.9 Å². The molecular formula is C24H26N2O6S. The topological polar surface area (TPSA) is 103 Å². The molecule has 0 saturated carbocycles. The minimum absolute atomic E-state index is 0.0887. The first kappa shape index (κ1) is 23.9. The molecule has 0 aromatic heterocycles. The SMILES string of the molecule is COc1cccc(OC)c1CNC(=O)COc1ccc(S(=O)(=O)Nc2ccccc2C)cc1. The number of benzene rings is 3. The molecule has 0 aliphatic carbocycles. The number of ether oxygens (including phenoxy) is 3.